The van der Waals surface area contributed by atoms with Gasteiger partial charge in [-0.05, 0) is 29.8 Å². The topological polar surface area (TPSA) is 113 Å². The van der Waals surface area contributed by atoms with Gasteiger partial charge in [-0.1, -0.05) is 12.1 Å². The van der Waals surface area contributed by atoms with Crippen molar-refractivity contribution in [3.8, 4) is 0 Å². The van der Waals surface area contributed by atoms with E-state index in [-0.39, 0.29) is 12.0 Å². The van der Waals surface area contributed by atoms with Crippen molar-refractivity contribution in [2.24, 2.45) is 12.1 Å². The maximum absolute atomic E-state index is 14.2. The van der Waals surface area contributed by atoms with E-state index in [1.54, 1.807) is 4.68 Å². The Morgan fingerprint density at radius 1 is 1.21 bits per heavy atom. The van der Waals surface area contributed by atoms with Crippen molar-refractivity contribution >= 4 is 17.1 Å². The van der Waals surface area contributed by atoms with E-state index < -0.39 is 12.0 Å². The number of nitrogens with two attached hydrogens (primary N) is 1. The highest BCUT2D eigenvalue weighted by Crippen LogP contribution is 2.45. The zero-order valence-corrected chi connectivity index (χ0v) is 15.0. The molecule has 2 aromatic carbocycles. The standard InChI is InChI=1S/C19H18FN7O/c1-27-18(22-8-23-27)15-16(9-2-4-11(21)5-3-9)24-13-7-10(20)6-12-14(13)17(15)25-26-19(12)28/h2-8,15-16,19,24,26,28H,21H2,1H3/t15-,16?,19?/m1/s1. The predicted molar refractivity (Wildman–Crippen MR) is 102 cm³/mol. The van der Waals surface area contributed by atoms with Crippen molar-refractivity contribution in [3.63, 3.8) is 0 Å². The number of aliphatic hydroxyl groups is 1. The fourth-order valence-electron chi connectivity index (χ4n) is 3.97. The minimum atomic E-state index is -1.08. The molecule has 3 heterocycles. The summed E-state index contributed by atoms with van der Waals surface area (Å²) in [6.45, 7) is 0. The number of aromatic nitrogens is 3. The number of rotatable bonds is 2. The molecule has 0 saturated carbocycles. The molecule has 0 amide bonds. The second-order valence-corrected chi connectivity index (χ2v) is 6.95. The average molecular weight is 379 g/mol. The van der Waals surface area contributed by atoms with Crippen molar-refractivity contribution in [3.05, 3.63) is 71.1 Å². The second kappa shape index (κ2) is 6.03. The molecule has 0 aliphatic carbocycles. The third-order valence-corrected chi connectivity index (χ3v) is 5.25. The van der Waals surface area contributed by atoms with Gasteiger partial charge in [0, 0.05) is 29.5 Å². The van der Waals surface area contributed by atoms with Gasteiger partial charge in [0.25, 0.3) is 0 Å². The Bertz CT molecular complexity index is 1090. The van der Waals surface area contributed by atoms with Crippen LogP contribution >= 0.6 is 0 Å². The molecule has 2 aliphatic rings. The zero-order chi connectivity index (χ0) is 19.4. The molecule has 142 valence electrons. The third-order valence-electron chi connectivity index (χ3n) is 5.25. The fourth-order valence-corrected chi connectivity index (χ4v) is 3.97. The van der Waals surface area contributed by atoms with Crippen LogP contribution in [-0.2, 0) is 7.05 Å². The predicted octanol–water partition coefficient (Wildman–Crippen LogP) is 1.79. The van der Waals surface area contributed by atoms with Gasteiger partial charge < -0.3 is 16.2 Å². The number of nitrogens with zero attached hydrogens (tertiary/aromatic N) is 4. The largest absolute Gasteiger partial charge is 0.399 e. The van der Waals surface area contributed by atoms with Gasteiger partial charge in [0.1, 0.15) is 18.0 Å². The SMILES string of the molecule is Cn1ncnc1[C@H]1C2=NNC(O)c3cc(F)cc(c32)NC1c1ccc(N)cc1. The molecule has 0 radical (unpaired) electrons. The molecule has 9 heteroatoms. The van der Waals surface area contributed by atoms with E-state index in [2.05, 4.69) is 25.9 Å². The Morgan fingerprint density at radius 2 is 2.00 bits per heavy atom. The van der Waals surface area contributed by atoms with Crippen LogP contribution in [0.25, 0.3) is 0 Å². The lowest BCUT2D eigenvalue weighted by atomic mass is 9.79. The summed E-state index contributed by atoms with van der Waals surface area (Å²) in [6, 6.07) is 9.96. The number of halogens is 1. The highest BCUT2D eigenvalue weighted by molar-refractivity contribution is 6.12. The first kappa shape index (κ1) is 16.7. The van der Waals surface area contributed by atoms with E-state index in [0.29, 0.717) is 34.0 Å². The lowest BCUT2D eigenvalue weighted by Crippen LogP contribution is -2.39. The molecule has 2 unspecified atom stereocenters. The summed E-state index contributed by atoms with van der Waals surface area (Å²) in [5, 5.41) is 22.3. The van der Waals surface area contributed by atoms with Gasteiger partial charge in [0.2, 0.25) is 0 Å². The number of hydrazone groups is 1. The summed E-state index contributed by atoms with van der Waals surface area (Å²) in [4.78, 5) is 4.44. The molecule has 0 fully saturated rings. The molecule has 2 aliphatic heterocycles. The maximum atomic E-state index is 14.2. The van der Waals surface area contributed by atoms with Crippen LogP contribution in [0.4, 0.5) is 15.8 Å². The minimum absolute atomic E-state index is 0.276. The van der Waals surface area contributed by atoms with E-state index in [1.807, 2.05) is 31.3 Å². The Hall–Kier alpha value is -3.46. The molecule has 3 aromatic rings. The summed E-state index contributed by atoms with van der Waals surface area (Å²) < 4.78 is 15.9. The normalized spacial score (nSPS) is 22.7. The van der Waals surface area contributed by atoms with Crippen molar-refractivity contribution in [1.82, 2.24) is 20.2 Å². The summed E-state index contributed by atoms with van der Waals surface area (Å²) in [6.07, 6.45) is 0.408. The van der Waals surface area contributed by atoms with Gasteiger partial charge in [-0.3, -0.25) is 10.1 Å². The minimum Gasteiger partial charge on any atom is -0.399 e. The number of aryl methyl sites for hydroxylation is 1. The van der Waals surface area contributed by atoms with Crippen LogP contribution in [0, 0.1) is 5.82 Å². The highest BCUT2D eigenvalue weighted by atomic mass is 19.1. The van der Waals surface area contributed by atoms with E-state index in [0.717, 1.165) is 5.56 Å². The van der Waals surface area contributed by atoms with Gasteiger partial charge in [-0.25, -0.2) is 9.37 Å². The summed E-state index contributed by atoms with van der Waals surface area (Å²) >= 11 is 0. The number of nitrogen functional groups attached to an aromatic ring is 1. The molecule has 3 atom stereocenters. The lowest BCUT2D eigenvalue weighted by Gasteiger charge is -2.38. The summed E-state index contributed by atoms with van der Waals surface area (Å²) in [5.74, 6) is -0.0449. The first-order chi connectivity index (χ1) is 13.5. The number of benzene rings is 2. The van der Waals surface area contributed by atoms with Gasteiger partial charge in [-0.2, -0.15) is 10.2 Å². The molecule has 5 rings (SSSR count). The van der Waals surface area contributed by atoms with Crippen LogP contribution in [0.5, 0.6) is 0 Å². The fraction of sp³-hybridized carbons (Fsp3) is 0.211. The molecule has 28 heavy (non-hydrogen) atoms. The summed E-state index contributed by atoms with van der Waals surface area (Å²) in [5.41, 5.74) is 12.5. The number of hydrogen-bond acceptors (Lipinski definition) is 7. The Labute approximate surface area is 159 Å². The number of anilines is 2. The zero-order valence-electron chi connectivity index (χ0n) is 15.0. The van der Waals surface area contributed by atoms with E-state index in [9.17, 15) is 9.50 Å². The molecular weight excluding hydrogens is 361 g/mol. The first-order valence-corrected chi connectivity index (χ1v) is 8.84. The van der Waals surface area contributed by atoms with E-state index in [4.69, 9.17) is 5.73 Å². The molecule has 8 nitrogen and oxygen atoms in total. The molecule has 0 bridgehead atoms. The van der Waals surface area contributed by atoms with Crippen LogP contribution in [0.2, 0.25) is 0 Å². The molecule has 0 saturated heterocycles. The first-order valence-electron chi connectivity index (χ1n) is 8.84. The average Bonchev–Trinajstić information content (AvgIpc) is 3.10. The van der Waals surface area contributed by atoms with Crippen LogP contribution < -0.4 is 16.5 Å². The van der Waals surface area contributed by atoms with Gasteiger partial charge in [0.05, 0.1) is 17.7 Å². The van der Waals surface area contributed by atoms with Crippen LogP contribution in [0.1, 0.15) is 40.7 Å². The van der Waals surface area contributed by atoms with Gasteiger partial charge in [0.15, 0.2) is 6.23 Å². The van der Waals surface area contributed by atoms with Crippen molar-refractivity contribution in [2.75, 3.05) is 11.1 Å². The second-order valence-electron chi connectivity index (χ2n) is 6.95. The number of nitrogens with one attached hydrogen (secondary N) is 2. The quantitative estimate of drug-likeness (QED) is 0.505. The lowest BCUT2D eigenvalue weighted by molar-refractivity contribution is 0.137. The van der Waals surface area contributed by atoms with Crippen molar-refractivity contribution in [2.45, 2.75) is 18.2 Å². The Balaban J connectivity index is 1.75. The van der Waals surface area contributed by atoms with Gasteiger partial charge in [-0.15, -0.1) is 0 Å². The van der Waals surface area contributed by atoms with Crippen molar-refractivity contribution in [1.29, 1.82) is 0 Å². The smallest absolute Gasteiger partial charge is 0.166 e. The Kier molecular flexibility index (Phi) is 3.59. The van der Waals surface area contributed by atoms with Crippen LogP contribution in [0.15, 0.2) is 47.8 Å². The molecular formula is C19H18FN7O. The highest BCUT2D eigenvalue weighted by Gasteiger charge is 2.42. The molecule has 5 N–H and O–H groups in total. The number of aliphatic hydroxyl groups excluding tert-OH is 1. The summed E-state index contributed by atoms with van der Waals surface area (Å²) in [7, 11) is 1.81. The van der Waals surface area contributed by atoms with E-state index in [1.165, 1.54) is 18.5 Å². The Morgan fingerprint density at radius 3 is 2.71 bits per heavy atom. The third kappa shape index (κ3) is 2.43. The van der Waals surface area contributed by atoms with E-state index >= 15 is 0 Å². The van der Waals surface area contributed by atoms with Gasteiger partial charge >= 0.3 is 0 Å². The van der Waals surface area contributed by atoms with Crippen LogP contribution in [-0.4, -0.2) is 25.6 Å². The van der Waals surface area contributed by atoms with Crippen LogP contribution in [0.3, 0.4) is 0 Å². The monoisotopic (exact) mass is 379 g/mol. The van der Waals surface area contributed by atoms with Crippen molar-refractivity contribution < 1.29 is 9.50 Å². The maximum Gasteiger partial charge on any atom is 0.166 e. The molecule has 0 spiro atoms. The number of hydrogen-bond donors (Lipinski definition) is 4. The molecule has 1 aromatic heterocycles.